The molecule has 0 unspecified atom stereocenters. The summed E-state index contributed by atoms with van der Waals surface area (Å²) in [5, 5.41) is 8.41. The van der Waals surface area contributed by atoms with Gasteiger partial charge in [0, 0.05) is 0 Å². The molecule has 0 aromatic heterocycles. The minimum Gasteiger partial charge on any atom is -0.741 e. The number of hydrogen-bond acceptors (Lipinski definition) is 6. The van der Waals surface area contributed by atoms with E-state index in [1.165, 1.54) is 12.4 Å². The van der Waals surface area contributed by atoms with Gasteiger partial charge < -0.3 is 25.3 Å². The Morgan fingerprint density at radius 3 is 1.44 bits per heavy atom. The van der Waals surface area contributed by atoms with Crippen LogP contribution in [0, 0.1) is 0 Å². The maximum absolute atomic E-state index is 5.07. The monoisotopic (exact) mass is 446 g/mol. The first kappa shape index (κ1) is 22.8. The van der Waals surface area contributed by atoms with Crippen molar-refractivity contribution in [2.45, 2.75) is 13.1 Å². The number of hydrazone groups is 2. The van der Waals surface area contributed by atoms with E-state index in [2.05, 4.69) is 31.0 Å². The predicted molar refractivity (Wildman–Crippen MR) is 113 cm³/mol. The summed E-state index contributed by atoms with van der Waals surface area (Å²) in [6.45, 7) is 1.02. The van der Waals surface area contributed by atoms with Crippen molar-refractivity contribution in [3.63, 3.8) is 0 Å². The molecule has 0 aliphatic rings. The normalized spacial score (nSPS) is 12.1. The Kier molecular flexibility index (Phi) is 11.8. The molecule has 0 amide bonds. The van der Waals surface area contributed by atoms with Crippen molar-refractivity contribution in [2.24, 2.45) is 20.2 Å². The third-order valence-corrected chi connectivity index (χ3v) is 3.47. The van der Waals surface area contributed by atoms with Gasteiger partial charge >= 0.3 is 19.5 Å². The summed E-state index contributed by atoms with van der Waals surface area (Å²) in [5.74, 6) is 0. The molecule has 6 nitrogen and oxygen atoms in total. The quantitative estimate of drug-likeness (QED) is 0.225. The number of nitrogens with zero attached hydrogens (tertiary/aromatic N) is 4. The van der Waals surface area contributed by atoms with Gasteiger partial charge in [0.05, 0.1) is 25.5 Å². The molecule has 134 valence electrons. The maximum Gasteiger partial charge on any atom is 2.00 e. The minimum atomic E-state index is 0. The van der Waals surface area contributed by atoms with Gasteiger partial charge in [0.1, 0.15) is 0 Å². The standard InChI is InChI=1S/C18H20N6S2.Zn/c25-17(19-13-15-7-3-1-4-8-15)23-21-11-12-22-24-18(26)20-14-16-9-5-2-6-10-16;/h1-12H,13-14H2,(H2,19,23,25)(H2,20,24,26);/q;+2/p-2/b21-11+,22-12+;. The second kappa shape index (κ2) is 13.9. The van der Waals surface area contributed by atoms with Crippen LogP contribution in [0.4, 0.5) is 0 Å². The Balaban J connectivity index is 0.00000364. The van der Waals surface area contributed by atoms with Crippen molar-refractivity contribution in [3.8, 4) is 0 Å². The summed E-state index contributed by atoms with van der Waals surface area (Å²) in [6.07, 6.45) is 2.88. The first-order chi connectivity index (χ1) is 12.7. The van der Waals surface area contributed by atoms with Crippen LogP contribution in [-0.2, 0) is 57.8 Å². The third-order valence-electron chi connectivity index (χ3n) is 3.03. The van der Waals surface area contributed by atoms with Crippen LogP contribution in [0.2, 0.25) is 0 Å². The molecule has 9 heteroatoms. The van der Waals surface area contributed by atoms with Crippen LogP contribution in [0.3, 0.4) is 0 Å². The van der Waals surface area contributed by atoms with Gasteiger partial charge in [0.25, 0.3) is 0 Å². The summed E-state index contributed by atoms with van der Waals surface area (Å²) in [7, 11) is 0. The summed E-state index contributed by atoms with van der Waals surface area (Å²) in [4.78, 5) is 8.41. The fraction of sp³-hybridized carbons (Fsp3) is 0.111. The number of amidine groups is 2. The molecule has 0 saturated heterocycles. The average molecular weight is 448 g/mol. The summed E-state index contributed by atoms with van der Waals surface area (Å²) < 4.78 is 0. The van der Waals surface area contributed by atoms with E-state index in [4.69, 9.17) is 25.3 Å². The van der Waals surface area contributed by atoms with Crippen LogP contribution >= 0.6 is 0 Å². The molecule has 0 atom stereocenters. The van der Waals surface area contributed by atoms with Gasteiger partial charge in [-0.1, -0.05) is 60.7 Å². The second-order valence-corrected chi connectivity index (χ2v) is 5.77. The van der Waals surface area contributed by atoms with Gasteiger partial charge in [-0.15, -0.1) is 0 Å². The van der Waals surface area contributed by atoms with Crippen molar-refractivity contribution in [1.29, 1.82) is 0 Å². The molecule has 2 aromatic rings. The SMILES string of the molecule is [S-]C(=NCc1ccccc1)N/N=C/C=N/NC([S-])=NCc1ccccc1.[Zn+2]. The Bertz CT molecular complexity index is 711. The molecule has 2 N–H and O–H groups in total. The van der Waals surface area contributed by atoms with Crippen LogP contribution < -0.4 is 10.9 Å². The van der Waals surface area contributed by atoms with Crippen molar-refractivity contribution in [1.82, 2.24) is 10.9 Å². The number of nitrogens with one attached hydrogen (secondary N) is 2. The van der Waals surface area contributed by atoms with Gasteiger partial charge in [0.15, 0.2) is 0 Å². The fourth-order valence-corrected chi connectivity index (χ4v) is 2.05. The fourth-order valence-electron chi connectivity index (χ4n) is 1.82. The largest absolute Gasteiger partial charge is 2.00 e. The molecule has 0 heterocycles. The van der Waals surface area contributed by atoms with E-state index in [-0.39, 0.29) is 19.5 Å². The molecular weight excluding hydrogens is 430 g/mol. The first-order valence-corrected chi connectivity index (χ1v) is 8.63. The van der Waals surface area contributed by atoms with E-state index >= 15 is 0 Å². The molecular formula is C18H18N6S2Zn. The minimum absolute atomic E-state index is 0. The van der Waals surface area contributed by atoms with Gasteiger partial charge in [-0.3, -0.25) is 20.8 Å². The van der Waals surface area contributed by atoms with E-state index in [0.717, 1.165) is 11.1 Å². The smallest absolute Gasteiger partial charge is 0.741 e. The van der Waals surface area contributed by atoms with Crippen molar-refractivity contribution in [3.05, 3.63) is 71.8 Å². The Morgan fingerprint density at radius 1 is 0.704 bits per heavy atom. The predicted octanol–water partition coefficient (Wildman–Crippen LogP) is 2.34. The van der Waals surface area contributed by atoms with Gasteiger partial charge in [-0.05, 0) is 21.5 Å². The summed E-state index contributed by atoms with van der Waals surface area (Å²) in [6, 6.07) is 19.7. The second-order valence-electron chi connectivity index (χ2n) is 4.99. The molecule has 0 saturated carbocycles. The van der Waals surface area contributed by atoms with E-state index in [1.807, 2.05) is 60.7 Å². The van der Waals surface area contributed by atoms with Crippen LogP contribution in [-0.4, -0.2) is 22.8 Å². The molecule has 0 bridgehead atoms. The van der Waals surface area contributed by atoms with Crippen LogP contribution in [0.25, 0.3) is 0 Å². The number of aliphatic imine (C=N–C) groups is 2. The molecule has 0 radical (unpaired) electrons. The van der Waals surface area contributed by atoms with Crippen molar-refractivity contribution in [2.75, 3.05) is 0 Å². The molecule has 2 aromatic carbocycles. The van der Waals surface area contributed by atoms with E-state index in [9.17, 15) is 0 Å². The summed E-state index contributed by atoms with van der Waals surface area (Å²) in [5.41, 5.74) is 7.46. The van der Waals surface area contributed by atoms with Crippen molar-refractivity contribution < 1.29 is 19.5 Å². The zero-order valence-corrected chi connectivity index (χ0v) is 19.3. The third kappa shape index (κ3) is 10.5. The van der Waals surface area contributed by atoms with Crippen LogP contribution in [0.15, 0.2) is 80.9 Å². The molecule has 27 heavy (non-hydrogen) atoms. The van der Waals surface area contributed by atoms with Crippen molar-refractivity contribution >= 4 is 48.0 Å². The van der Waals surface area contributed by atoms with Crippen LogP contribution in [0.5, 0.6) is 0 Å². The Hall–Kier alpha value is -2.22. The van der Waals surface area contributed by atoms with Crippen LogP contribution in [0.1, 0.15) is 11.1 Å². The molecule has 0 aliphatic heterocycles. The Morgan fingerprint density at radius 2 is 1.07 bits per heavy atom. The number of benzene rings is 2. The topological polar surface area (TPSA) is 73.5 Å². The number of hydrogen-bond donors (Lipinski definition) is 2. The Labute approximate surface area is 182 Å². The zero-order chi connectivity index (χ0) is 18.5. The zero-order valence-electron chi connectivity index (χ0n) is 14.7. The molecule has 0 aliphatic carbocycles. The number of rotatable bonds is 7. The van der Waals surface area contributed by atoms with Gasteiger partial charge in [-0.2, -0.15) is 10.2 Å². The van der Waals surface area contributed by atoms with Gasteiger partial charge in [0.2, 0.25) is 0 Å². The average Bonchev–Trinajstić information content (AvgIpc) is 2.69. The maximum atomic E-state index is 5.07. The van der Waals surface area contributed by atoms with E-state index in [1.54, 1.807) is 0 Å². The van der Waals surface area contributed by atoms with Gasteiger partial charge in [-0.25, -0.2) is 0 Å². The summed E-state index contributed by atoms with van der Waals surface area (Å²) >= 11 is 10.1. The van der Waals surface area contributed by atoms with E-state index in [0.29, 0.717) is 23.4 Å². The molecule has 2 rings (SSSR count). The molecule has 0 spiro atoms. The molecule has 0 fully saturated rings. The first-order valence-electron chi connectivity index (χ1n) is 7.81. The van der Waals surface area contributed by atoms with E-state index < -0.39 is 0 Å².